The van der Waals surface area contributed by atoms with E-state index in [4.69, 9.17) is 4.18 Å². The molecule has 3 heterocycles. The number of nitrogens with zero attached hydrogens (tertiary/aromatic N) is 3. The second-order valence-corrected chi connectivity index (χ2v) is 25.2. The Labute approximate surface area is 463 Å². The van der Waals surface area contributed by atoms with Crippen molar-refractivity contribution in [1.29, 1.82) is 0 Å². The van der Waals surface area contributed by atoms with Gasteiger partial charge in [0, 0.05) is 42.4 Å². The summed E-state index contributed by atoms with van der Waals surface area (Å²) < 4.78 is 6.36. The maximum atomic E-state index is 13.4. The molecule has 0 saturated carbocycles. The molecule has 4 aromatic rings. The van der Waals surface area contributed by atoms with E-state index in [2.05, 4.69) is 79.3 Å². The average molecular weight is 1070 g/mol. The normalized spacial score (nSPS) is 20.4. The summed E-state index contributed by atoms with van der Waals surface area (Å²) in [7, 11) is -1.25. The van der Waals surface area contributed by atoms with Crippen LogP contribution in [0.3, 0.4) is 0 Å². The van der Waals surface area contributed by atoms with Gasteiger partial charge in [0.05, 0.1) is 22.9 Å². The van der Waals surface area contributed by atoms with E-state index in [1.807, 2.05) is 97.9 Å². The Balaban J connectivity index is 0.000000297. The molecule has 3 aliphatic rings. The largest absolute Gasteiger partial charge is 0.337 e. The quantitative estimate of drug-likeness (QED) is 0.0858. The van der Waals surface area contributed by atoms with E-state index in [0.29, 0.717) is 69.5 Å². The molecule has 0 radical (unpaired) electrons. The smallest absolute Gasteiger partial charge is 0.260 e. The molecule has 414 valence electrons. The number of carbonyl (C=O) groups is 6. The Bertz CT molecular complexity index is 2590. The van der Waals surface area contributed by atoms with Crippen LogP contribution < -0.4 is 0 Å². The zero-order valence-electron chi connectivity index (χ0n) is 47.4. The van der Waals surface area contributed by atoms with Crippen LogP contribution >= 0.6 is 10.3 Å². The molecule has 11 heteroatoms. The summed E-state index contributed by atoms with van der Waals surface area (Å²) in [6.45, 7) is 35.4. The molecule has 3 saturated heterocycles. The summed E-state index contributed by atoms with van der Waals surface area (Å²) in [5.41, 5.74) is 2.78. The van der Waals surface area contributed by atoms with Gasteiger partial charge < -0.3 is 4.18 Å². The van der Waals surface area contributed by atoms with E-state index < -0.39 is 26.6 Å². The Morgan fingerprint density at radius 2 is 0.987 bits per heavy atom. The monoisotopic (exact) mass is 1070 g/mol. The zero-order chi connectivity index (χ0) is 57.5. The minimum absolute atomic E-state index is 0.0417. The number of benzene rings is 4. The summed E-state index contributed by atoms with van der Waals surface area (Å²) in [4.78, 5) is 80.6. The van der Waals surface area contributed by atoms with Gasteiger partial charge in [0.25, 0.3) is 11.8 Å². The minimum Gasteiger partial charge on any atom is -0.337 e. The second kappa shape index (κ2) is 30.3. The van der Waals surface area contributed by atoms with Gasteiger partial charge in [-0.1, -0.05) is 137 Å². The summed E-state index contributed by atoms with van der Waals surface area (Å²) >= 11 is 0. The molecule has 0 bridgehead atoms. The van der Waals surface area contributed by atoms with Crippen molar-refractivity contribution < 1.29 is 33.0 Å². The Kier molecular flexibility index (Phi) is 25.4. The van der Waals surface area contributed by atoms with Crippen molar-refractivity contribution >= 4 is 45.8 Å². The lowest BCUT2D eigenvalue weighted by Gasteiger charge is -2.45. The molecule has 0 N–H and O–H groups in total. The van der Waals surface area contributed by atoms with Gasteiger partial charge in [0.15, 0.2) is 0 Å². The van der Waals surface area contributed by atoms with Crippen LogP contribution in [0.4, 0.5) is 0 Å². The molecule has 0 aliphatic carbocycles. The molecule has 6 amide bonds. The number of allylic oxidation sites excluding steroid dienone is 3. The van der Waals surface area contributed by atoms with Gasteiger partial charge in [-0.15, -0.1) is 56.4 Å². The minimum atomic E-state index is -1.25. The van der Waals surface area contributed by atoms with E-state index in [0.717, 1.165) is 55.2 Å². The van der Waals surface area contributed by atoms with Gasteiger partial charge in [-0.25, -0.2) is 0 Å². The maximum absolute atomic E-state index is 13.4. The Morgan fingerprint density at radius 1 is 0.571 bits per heavy atom. The topological polar surface area (TPSA) is 121 Å². The predicted molar refractivity (Wildman–Crippen MR) is 320 cm³/mol. The highest BCUT2D eigenvalue weighted by Crippen LogP contribution is 2.54. The molecular formula is C66H87N3O7S. The highest BCUT2D eigenvalue weighted by atomic mass is 32.3. The summed E-state index contributed by atoms with van der Waals surface area (Å²) in [5.74, 6) is -0.786. The molecule has 7 rings (SSSR count). The number of piperidine rings is 3. The van der Waals surface area contributed by atoms with Gasteiger partial charge in [-0.2, -0.15) is 0 Å². The van der Waals surface area contributed by atoms with E-state index in [1.54, 1.807) is 42.5 Å². The van der Waals surface area contributed by atoms with E-state index in [1.165, 1.54) is 21.6 Å². The van der Waals surface area contributed by atoms with Gasteiger partial charge in [-0.05, 0) is 124 Å². The number of rotatable bonds is 15. The summed E-state index contributed by atoms with van der Waals surface area (Å²) in [6.07, 6.45) is 17.7. The number of hydrogen-bond acceptors (Lipinski definition) is 7. The number of amides is 6. The molecule has 0 unspecified atom stereocenters. The molecule has 3 aliphatic heterocycles. The number of hydrogen-bond donors (Lipinski definition) is 0. The highest BCUT2D eigenvalue weighted by Gasteiger charge is 2.46. The van der Waals surface area contributed by atoms with Gasteiger partial charge >= 0.3 is 0 Å². The van der Waals surface area contributed by atoms with E-state index >= 15 is 0 Å². The molecule has 0 spiro atoms. The zero-order valence-corrected chi connectivity index (χ0v) is 48.2. The lowest BCUT2D eigenvalue weighted by atomic mass is 9.72. The SMILES string of the molecule is C=C.C=C.C=CC[C@]1(C)CCCN(C(=O)c2ccc(-c3ccccc3)cc2)C1=O.C=CC[C@]1(CCOS(C)(C)C(C)(C)C)CCCN(C(=O)c2ccccc2)C1=O.C=CC[C@]1(Cc2ccccc2)CCCN(C(C)=O)C1=O. The molecule has 4 aromatic carbocycles. The van der Waals surface area contributed by atoms with Crippen molar-refractivity contribution in [2.45, 2.75) is 110 Å². The van der Waals surface area contributed by atoms with Crippen molar-refractivity contribution in [2.24, 2.45) is 16.2 Å². The molecule has 3 atom stereocenters. The molecule has 10 nitrogen and oxygen atoms in total. The molecular weight excluding hydrogens is 979 g/mol. The summed E-state index contributed by atoms with van der Waals surface area (Å²) in [5, 5.41) is 0. The van der Waals surface area contributed by atoms with Crippen molar-refractivity contribution in [1.82, 2.24) is 14.7 Å². The van der Waals surface area contributed by atoms with Crippen LogP contribution in [0.15, 0.2) is 180 Å². The van der Waals surface area contributed by atoms with Crippen LogP contribution in [0.25, 0.3) is 11.1 Å². The maximum Gasteiger partial charge on any atom is 0.260 e. The fourth-order valence-corrected chi connectivity index (χ4v) is 10.8. The van der Waals surface area contributed by atoms with E-state index in [9.17, 15) is 28.8 Å². The molecule has 0 aromatic heterocycles. The third-order valence-corrected chi connectivity index (χ3v) is 18.7. The number of likely N-dealkylation sites (tertiary alicyclic amines) is 3. The van der Waals surface area contributed by atoms with Gasteiger partial charge in [-0.3, -0.25) is 43.5 Å². The fourth-order valence-electron chi connectivity index (χ4n) is 9.94. The molecule has 77 heavy (non-hydrogen) atoms. The van der Waals surface area contributed by atoms with Crippen LogP contribution in [0.2, 0.25) is 0 Å². The Morgan fingerprint density at radius 3 is 1.49 bits per heavy atom. The van der Waals surface area contributed by atoms with Crippen molar-refractivity contribution in [3.63, 3.8) is 0 Å². The third kappa shape index (κ3) is 16.9. The number of carbonyl (C=O) groups excluding carboxylic acids is 6. The van der Waals surface area contributed by atoms with Gasteiger partial charge in [0.1, 0.15) is 0 Å². The third-order valence-electron chi connectivity index (χ3n) is 15.0. The first-order valence-electron chi connectivity index (χ1n) is 26.7. The second-order valence-electron chi connectivity index (χ2n) is 21.3. The Hall–Kier alpha value is -6.69. The highest BCUT2D eigenvalue weighted by molar-refractivity contribution is 8.29. The first kappa shape index (κ1) is 64.6. The van der Waals surface area contributed by atoms with Gasteiger partial charge in [0.2, 0.25) is 23.6 Å². The lowest BCUT2D eigenvalue weighted by molar-refractivity contribution is -0.154. The van der Waals surface area contributed by atoms with E-state index in [-0.39, 0.29) is 40.2 Å². The van der Waals surface area contributed by atoms with Crippen LogP contribution in [0, 0.1) is 16.2 Å². The standard InChI is InChI=1S/C23H35NO3S.C22H23NO2.C17H21NO2.2C2H4/c1-7-14-23(16-18-27-28(5,6)22(2,3)4)15-11-17-24(21(23)26)20(25)19-12-9-8-10-13-19;1-3-14-22(2)15-7-16-23(21(22)25)20(24)19-12-10-18(11-13-19)17-8-5-4-6-9-17;1-3-10-17(13-15-8-5-4-6-9-15)11-7-12-18(14(2)19)16(17)20;2*1-2/h7-10,12-13H,1,11,14-18H2,2-6H3;3-6,8-13H,1,7,14-16H2,2H3;3-6,8-9H,1,7,10-13H2,2H3;2*1-2H2/t23-;22-;17-;;/m111../s1. The van der Waals surface area contributed by atoms with Crippen LogP contribution in [-0.2, 0) is 29.8 Å². The fraction of sp³-hybridized carbons (Fsp3) is 0.394. The van der Waals surface area contributed by atoms with Crippen molar-refractivity contribution in [2.75, 3.05) is 38.8 Å². The predicted octanol–water partition coefficient (Wildman–Crippen LogP) is 14.5. The molecule has 3 fully saturated rings. The van der Waals surface area contributed by atoms with Crippen molar-refractivity contribution in [3.05, 3.63) is 196 Å². The average Bonchev–Trinajstić information content (AvgIpc) is 3.43. The first-order chi connectivity index (χ1) is 36.7. The first-order valence-corrected chi connectivity index (χ1v) is 29.1. The van der Waals surface area contributed by atoms with Crippen LogP contribution in [-0.4, -0.2) is 93.6 Å². The summed E-state index contributed by atoms with van der Waals surface area (Å²) in [6, 6.07) is 36.5. The van der Waals surface area contributed by atoms with Crippen LogP contribution in [0.5, 0.6) is 0 Å². The van der Waals surface area contributed by atoms with Crippen LogP contribution in [0.1, 0.15) is 125 Å². The lowest BCUT2D eigenvalue weighted by Crippen LogP contribution is -2.51. The number of imide groups is 3. The van der Waals surface area contributed by atoms with Crippen molar-refractivity contribution in [3.8, 4) is 11.1 Å².